The van der Waals surface area contributed by atoms with Crippen LogP contribution in [0.15, 0.2) is 12.3 Å². The van der Waals surface area contributed by atoms with E-state index >= 15 is 0 Å². The number of aromatic nitrogens is 1. The first-order chi connectivity index (χ1) is 8.61. The monoisotopic (exact) mass is 287 g/mol. The SMILES string of the molecule is CN(C)C1CCCN(c2cc(CCl)c(Cl)cn2)C1. The Hall–Kier alpha value is -0.510. The molecule has 2 rings (SSSR count). The molecule has 0 N–H and O–H groups in total. The van der Waals surface area contributed by atoms with Gasteiger partial charge in [-0.05, 0) is 38.6 Å². The quantitative estimate of drug-likeness (QED) is 0.797. The van der Waals surface area contributed by atoms with Crippen molar-refractivity contribution >= 4 is 29.0 Å². The first-order valence-electron chi connectivity index (χ1n) is 6.23. The highest BCUT2D eigenvalue weighted by Crippen LogP contribution is 2.25. The van der Waals surface area contributed by atoms with E-state index in [1.165, 1.54) is 12.8 Å². The molecule has 1 atom stereocenters. The number of likely N-dealkylation sites (N-methyl/N-ethyl adjacent to an activating group) is 1. The highest BCUT2D eigenvalue weighted by Gasteiger charge is 2.22. The summed E-state index contributed by atoms with van der Waals surface area (Å²) in [6, 6.07) is 2.60. The van der Waals surface area contributed by atoms with Gasteiger partial charge in [-0.15, -0.1) is 11.6 Å². The fraction of sp³-hybridized carbons (Fsp3) is 0.615. The number of alkyl halides is 1. The van der Waals surface area contributed by atoms with E-state index in [1.54, 1.807) is 6.20 Å². The second-order valence-corrected chi connectivity index (χ2v) is 5.65. The van der Waals surface area contributed by atoms with Gasteiger partial charge in [-0.2, -0.15) is 0 Å². The summed E-state index contributed by atoms with van der Waals surface area (Å²) >= 11 is 11.9. The van der Waals surface area contributed by atoms with Gasteiger partial charge in [0.25, 0.3) is 0 Å². The minimum atomic E-state index is 0.430. The molecule has 1 aliphatic heterocycles. The zero-order valence-electron chi connectivity index (χ0n) is 10.9. The lowest BCUT2D eigenvalue weighted by atomic mass is 10.0. The minimum absolute atomic E-state index is 0.430. The molecule has 0 aliphatic carbocycles. The smallest absolute Gasteiger partial charge is 0.128 e. The third-order valence-electron chi connectivity index (χ3n) is 3.52. The van der Waals surface area contributed by atoms with Crippen LogP contribution in [0.2, 0.25) is 5.02 Å². The minimum Gasteiger partial charge on any atom is -0.355 e. The van der Waals surface area contributed by atoms with Gasteiger partial charge >= 0.3 is 0 Å². The maximum absolute atomic E-state index is 6.04. The van der Waals surface area contributed by atoms with Gasteiger partial charge < -0.3 is 9.80 Å². The topological polar surface area (TPSA) is 19.4 Å². The zero-order valence-corrected chi connectivity index (χ0v) is 12.4. The summed E-state index contributed by atoms with van der Waals surface area (Å²) in [5, 5.41) is 0.648. The molecule has 100 valence electrons. The summed E-state index contributed by atoms with van der Waals surface area (Å²) in [6.45, 7) is 2.07. The number of piperidine rings is 1. The van der Waals surface area contributed by atoms with Gasteiger partial charge in [-0.25, -0.2) is 4.98 Å². The van der Waals surface area contributed by atoms with Gasteiger partial charge in [0, 0.05) is 31.2 Å². The van der Waals surface area contributed by atoms with Crippen LogP contribution in [0.1, 0.15) is 18.4 Å². The second kappa shape index (κ2) is 6.09. The Morgan fingerprint density at radius 2 is 2.28 bits per heavy atom. The molecule has 2 heterocycles. The van der Waals surface area contributed by atoms with Crippen molar-refractivity contribution in [1.82, 2.24) is 9.88 Å². The first-order valence-corrected chi connectivity index (χ1v) is 7.15. The fourth-order valence-electron chi connectivity index (χ4n) is 2.33. The van der Waals surface area contributed by atoms with Crippen LogP contribution in [-0.2, 0) is 5.88 Å². The molecule has 0 bridgehead atoms. The molecular weight excluding hydrogens is 269 g/mol. The summed E-state index contributed by atoms with van der Waals surface area (Å²) < 4.78 is 0. The average molecular weight is 288 g/mol. The van der Waals surface area contributed by atoms with Crippen molar-refractivity contribution in [1.29, 1.82) is 0 Å². The Morgan fingerprint density at radius 3 is 2.94 bits per heavy atom. The summed E-state index contributed by atoms with van der Waals surface area (Å²) in [4.78, 5) is 9.02. The standard InChI is InChI=1S/C13H19Cl2N3/c1-17(2)11-4-3-5-18(9-11)13-6-10(7-14)12(15)8-16-13/h6,8,11H,3-5,7,9H2,1-2H3. The molecule has 1 unspecified atom stereocenters. The van der Waals surface area contributed by atoms with Crippen LogP contribution in [0.5, 0.6) is 0 Å². The van der Waals surface area contributed by atoms with Crippen molar-refractivity contribution in [3.63, 3.8) is 0 Å². The Kier molecular flexibility index (Phi) is 4.71. The molecule has 0 radical (unpaired) electrons. The molecule has 1 fully saturated rings. The van der Waals surface area contributed by atoms with Crippen LogP contribution in [0.3, 0.4) is 0 Å². The van der Waals surface area contributed by atoms with Crippen LogP contribution in [0, 0.1) is 0 Å². The van der Waals surface area contributed by atoms with Crippen molar-refractivity contribution < 1.29 is 0 Å². The van der Waals surface area contributed by atoms with Gasteiger partial charge in [0.2, 0.25) is 0 Å². The summed E-state index contributed by atoms with van der Waals surface area (Å²) in [5.74, 6) is 1.42. The van der Waals surface area contributed by atoms with E-state index in [4.69, 9.17) is 23.2 Å². The molecule has 0 aromatic carbocycles. The van der Waals surface area contributed by atoms with Crippen molar-refractivity contribution in [3.8, 4) is 0 Å². The van der Waals surface area contributed by atoms with E-state index in [2.05, 4.69) is 28.9 Å². The fourth-order valence-corrected chi connectivity index (χ4v) is 2.79. The van der Waals surface area contributed by atoms with Gasteiger partial charge in [-0.3, -0.25) is 0 Å². The van der Waals surface area contributed by atoms with E-state index < -0.39 is 0 Å². The maximum Gasteiger partial charge on any atom is 0.128 e. The number of hydrogen-bond acceptors (Lipinski definition) is 3. The van der Waals surface area contributed by atoms with E-state index in [-0.39, 0.29) is 0 Å². The number of anilines is 1. The van der Waals surface area contributed by atoms with Gasteiger partial charge in [0.1, 0.15) is 5.82 Å². The predicted molar refractivity (Wildman–Crippen MR) is 77.7 cm³/mol. The van der Waals surface area contributed by atoms with Crippen LogP contribution in [-0.4, -0.2) is 43.1 Å². The normalized spacial score (nSPS) is 20.5. The average Bonchev–Trinajstić information content (AvgIpc) is 2.39. The van der Waals surface area contributed by atoms with Crippen LogP contribution >= 0.6 is 23.2 Å². The first kappa shape index (κ1) is 13.9. The predicted octanol–water partition coefficient (Wildman–Crippen LogP) is 3.00. The lowest BCUT2D eigenvalue weighted by Crippen LogP contribution is -2.45. The molecule has 0 saturated carbocycles. The number of rotatable bonds is 3. The van der Waals surface area contributed by atoms with Crippen molar-refractivity contribution in [2.75, 3.05) is 32.1 Å². The molecule has 0 spiro atoms. The Morgan fingerprint density at radius 1 is 1.50 bits per heavy atom. The molecule has 1 aromatic heterocycles. The number of halogens is 2. The van der Waals surface area contributed by atoms with E-state index in [0.29, 0.717) is 16.9 Å². The van der Waals surface area contributed by atoms with Gasteiger partial charge in [-0.1, -0.05) is 11.6 Å². The van der Waals surface area contributed by atoms with Gasteiger partial charge in [0.15, 0.2) is 0 Å². The molecular formula is C13H19Cl2N3. The maximum atomic E-state index is 6.04. The van der Waals surface area contributed by atoms with Crippen molar-refractivity contribution in [2.45, 2.75) is 24.8 Å². The zero-order chi connectivity index (χ0) is 13.1. The Bertz CT molecular complexity index is 409. The lowest BCUT2D eigenvalue weighted by molar-refractivity contribution is 0.257. The van der Waals surface area contributed by atoms with Crippen LogP contribution in [0.25, 0.3) is 0 Å². The lowest BCUT2D eigenvalue weighted by Gasteiger charge is -2.36. The highest BCUT2D eigenvalue weighted by molar-refractivity contribution is 6.32. The Labute approximate surface area is 119 Å². The second-order valence-electron chi connectivity index (χ2n) is 4.97. The molecule has 1 aromatic rings. The van der Waals surface area contributed by atoms with E-state index in [0.717, 1.165) is 24.5 Å². The van der Waals surface area contributed by atoms with Crippen LogP contribution < -0.4 is 4.90 Å². The van der Waals surface area contributed by atoms with E-state index in [9.17, 15) is 0 Å². The number of pyridine rings is 1. The number of hydrogen-bond donors (Lipinski definition) is 0. The molecule has 18 heavy (non-hydrogen) atoms. The summed E-state index contributed by atoms with van der Waals surface area (Å²) in [6.07, 6.45) is 4.15. The number of nitrogens with zero attached hydrogens (tertiary/aromatic N) is 3. The third kappa shape index (κ3) is 3.08. The Balaban J connectivity index is 2.15. The third-order valence-corrected chi connectivity index (χ3v) is 4.14. The summed E-state index contributed by atoms with van der Waals surface area (Å²) in [5.41, 5.74) is 0.954. The molecule has 3 nitrogen and oxygen atoms in total. The summed E-state index contributed by atoms with van der Waals surface area (Å²) in [7, 11) is 4.27. The van der Waals surface area contributed by atoms with Crippen molar-refractivity contribution in [3.05, 3.63) is 22.8 Å². The van der Waals surface area contributed by atoms with Gasteiger partial charge in [0.05, 0.1) is 5.02 Å². The van der Waals surface area contributed by atoms with E-state index in [1.807, 2.05) is 6.07 Å². The largest absolute Gasteiger partial charge is 0.355 e. The molecule has 5 heteroatoms. The molecule has 1 aliphatic rings. The van der Waals surface area contributed by atoms with Crippen molar-refractivity contribution in [2.24, 2.45) is 0 Å². The molecule has 0 amide bonds. The highest BCUT2D eigenvalue weighted by atomic mass is 35.5. The van der Waals surface area contributed by atoms with Crippen LogP contribution in [0.4, 0.5) is 5.82 Å². The molecule has 1 saturated heterocycles.